The highest BCUT2D eigenvalue weighted by molar-refractivity contribution is 6.30. The van der Waals surface area contributed by atoms with E-state index in [0.717, 1.165) is 18.2 Å². The number of amides is 1. The summed E-state index contributed by atoms with van der Waals surface area (Å²) in [6, 6.07) is 8.65. The van der Waals surface area contributed by atoms with Gasteiger partial charge in [-0.15, -0.1) is 5.10 Å². The van der Waals surface area contributed by atoms with Gasteiger partial charge in [0.05, 0.1) is 10.6 Å². The summed E-state index contributed by atoms with van der Waals surface area (Å²) in [6.45, 7) is 0. The number of rotatable bonds is 4. The number of halogens is 5. The molecule has 1 N–H and O–H groups in total. The Labute approximate surface area is 164 Å². The van der Waals surface area contributed by atoms with Crippen LogP contribution >= 0.6 is 11.6 Å². The molecule has 0 atom stereocenters. The van der Waals surface area contributed by atoms with Crippen LogP contribution in [0.3, 0.4) is 0 Å². The van der Waals surface area contributed by atoms with Crippen LogP contribution in [0, 0.1) is 16.1 Å². The molecule has 12 heteroatoms. The molecule has 0 spiro atoms. The van der Waals surface area contributed by atoms with Crippen molar-refractivity contribution >= 4 is 28.9 Å². The van der Waals surface area contributed by atoms with Gasteiger partial charge in [-0.1, -0.05) is 11.6 Å². The van der Waals surface area contributed by atoms with Crippen molar-refractivity contribution in [3.8, 4) is 5.69 Å². The number of aromatic nitrogens is 2. The van der Waals surface area contributed by atoms with E-state index in [9.17, 15) is 32.5 Å². The van der Waals surface area contributed by atoms with E-state index in [-0.39, 0.29) is 22.0 Å². The van der Waals surface area contributed by atoms with Gasteiger partial charge in [0.1, 0.15) is 5.69 Å². The van der Waals surface area contributed by atoms with Crippen molar-refractivity contribution in [3.05, 3.63) is 80.9 Å². The number of nitrogens with one attached hydrogen (secondary N) is 1. The second kappa shape index (κ2) is 7.51. The van der Waals surface area contributed by atoms with E-state index in [2.05, 4.69) is 10.4 Å². The fraction of sp³-hybridized carbons (Fsp3) is 0.0588. The van der Waals surface area contributed by atoms with E-state index in [0.29, 0.717) is 5.02 Å². The van der Waals surface area contributed by atoms with Crippen molar-refractivity contribution in [1.29, 1.82) is 0 Å². The zero-order chi connectivity index (χ0) is 21.3. The third-order valence-corrected chi connectivity index (χ3v) is 4.00. The molecule has 0 saturated carbocycles. The van der Waals surface area contributed by atoms with Gasteiger partial charge < -0.3 is 5.32 Å². The standard InChI is InChI=1S/C17H9ClF4N4O3/c18-10-3-1-9(2-4-10)16(27)23-12-6-5-11(7-13(12)26(28)29)25-14(17(20,21)22)8-15(19)24-25/h1-8H,(H,23,27). The van der Waals surface area contributed by atoms with Gasteiger partial charge in [-0.25, -0.2) is 4.68 Å². The molecule has 2 aromatic carbocycles. The molecule has 0 radical (unpaired) electrons. The van der Waals surface area contributed by atoms with Crippen molar-refractivity contribution < 1.29 is 27.3 Å². The lowest BCUT2D eigenvalue weighted by atomic mass is 10.2. The van der Waals surface area contributed by atoms with Gasteiger partial charge in [-0.05, 0) is 36.4 Å². The Balaban J connectivity index is 2.00. The van der Waals surface area contributed by atoms with Gasteiger partial charge in [0.15, 0.2) is 5.69 Å². The molecule has 0 aliphatic heterocycles. The first-order valence-corrected chi connectivity index (χ1v) is 8.12. The molecule has 3 rings (SSSR count). The van der Waals surface area contributed by atoms with Gasteiger partial charge in [0.25, 0.3) is 11.6 Å². The van der Waals surface area contributed by atoms with Crippen LogP contribution in [0.1, 0.15) is 16.1 Å². The van der Waals surface area contributed by atoms with E-state index in [1.807, 2.05) is 0 Å². The normalized spacial score (nSPS) is 11.3. The van der Waals surface area contributed by atoms with E-state index in [1.165, 1.54) is 24.3 Å². The topological polar surface area (TPSA) is 90.1 Å². The molecule has 0 unspecified atom stereocenters. The van der Waals surface area contributed by atoms with Crippen LogP contribution in [0.25, 0.3) is 5.69 Å². The number of carbonyl (C=O) groups excluding carboxylic acids is 1. The molecule has 0 saturated heterocycles. The zero-order valence-electron chi connectivity index (χ0n) is 14.1. The lowest BCUT2D eigenvalue weighted by Gasteiger charge is -2.11. The van der Waals surface area contributed by atoms with Gasteiger partial charge in [0, 0.05) is 22.7 Å². The highest BCUT2D eigenvalue weighted by Crippen LogP contribution is 2.33. The summed E-state index contributed by atoms with van der Waals surface area (Å²) in [6.07, 6.45) is -4.94. The predicted octanol–water partition coefficient (Wildman–Crippen LogP) is 4.84. The SMILES string of the molecule is O=C(Nc1ccc(-n2nc(F)cc2C(F)(F)F)cc1[N+](=O)[O-])c1ccc(Cl)cc1. The fourth-order valence-electron chi connectivity index (χ4n) is 2.46. The molecule has 0 aliphatic carbocycles. The zero-order valence-corrected chi connectivity index (χ0v) is 14.8. The molecule has 3 aromatic rings. The first-order chi connectivity index (χ1) is 13.6. The maximum Gasteiger partial charge on any atom is 0.433 e. The average Bonchev–Trinajstić information content (AvgIpc) is 3.04. The summed E-state index contributed by atoms with van der Waals surface area (Å²) < 4.78 is 52.6. The third kappa shape index (κ3) is 4.35. The number of alkyl halides is 3. The van der Waals surface area contributed by atoms with Gasteiger partial charge in [-0.3, -0.25) is 14.9 Å². The minimum Gasteiger partial charge on any atom is -0.316 e. The number of benzene rings is 2. The first-order valence-electron chi connectivity index (χ1n) is 7.75. The van der Waals surface area contributed by atoms with Crippen molar-refractivity contribution in [2.24, 2.45) is 0 Å². The number of hydrogen-bond acceptors (Lipinski definition) is 4. The minimum atomic E-state index is -4.94. The van der Waals surface area contributed by atoms with Gasteiger partial charge >= 0.3 is 6.18 Å². The van der Waals surface area contributed by atoms with Crippen molar-refractivity contribution in [2.75, 3.05) is 5.32 Å². The smallest absolute Gasteiger partial charge is 0.316 e. The van der Waals surface area contributed by atoms with Crippen LogP contribution in [0.2, 0.25) is 5.02 Å². The van der Waals surface area contributed by atoms with Crippen LogP contribution in [0.5, 0.6) is 0 Å². The molecule has 1 aromatic heterocycles. The first kappa shape index (κ1) is 20.3. The number of carbonyl (C=O) groups is 1. The van der Waals surface area contributed by atoms with Crippen molar-refractivity contribution in [1.82, 2.24) is 9.78 Å². The van der Waals surface area contributed by atoms with E-state index in [1.54, 1.807) is 0 Å². The highest BCUT2D eigenvalue weighted by Gasteiger charge is 2.37. The van der Waals surface area contributed by atoms with Gasteiger partial charge in [0.2, 0.25) is 5.95 Å². The summed E-state index contributed by atoms with van der Waals surface area (Å²) in [5.74, 6) is -2.10. The quantitative estimate of drug-likeness (QED) is 0.365. The van der Waals surface area contributed by atoms with Crippen LogP contribution in [0.4, 0.5) is 28.9 Å². The van der Waals surface area contributed by atoms with E-state index >= 15 is 0 Å². The summed E-state index contributed by atoms with van der Waals surface area (Å²) in [5, 5.41) is 17.2. The number of hydrogen-bond donors (Lipinski definition) is 1. The molecule has 0 bridgehead atoms. The molecule has 150 valence electrons. The average molecular weight is 429 g/mol. The fourth-order valence-corrected chi connectivity index (χ4v) is 2.58. The number of anilines is 1. The minimum absolute atomic E-state index is 0.154. The Kier molecular flexibility index (Phi) is 5.25. The molecular formula is C17H9ClF4N4O3. The summed E-state index contributed by atoms with van der Waals surface area (Å²) in [4.78, 5) is 22.7. The Bertz CT molecular complexity index is 1100. The van der Waals surface area contributed by atoms with Crippen molar-refractivity contribution in [3.63, 3.8) is 0 Å². The van der Waals surface area contributed by atoms with Crippen LogP contribution in [-0.2, 0) is 6.18 Å². The Morgan fingerprint density at radius 2 is 1.79 bits per heavy atom. The molecule has 0 aliphatic rings. The van der Waals surface area contributed by atoms with E-state index in [4.69, 9.17) is 11.6 Å². The van der Waals surface area contributed by atoms with Crippen molar-refractivity contribution in [2.45, 2.75) is 6.18 Å². The molecule has 7 nitrogen and oxygen atoms in total. The second-order valence-electron chi connectivity index (χ2n) is 5.68. The Morgan fingerprint density at radius 1 is 1.14 bits per heavy atom. The predicted molar refractivity (Wildman–Crippen MR) is 94.6 cm³/mol. The molecule has 1 amide bonds. The number of nitrogens with zero attached hydrogens (tertiary/aromatic N) is 3. The molecule has 0 fully saturated rings. The maximum atomic E-state index is 13.3. The monoisotopic (exact) mass is 428 g/mol. The Morgan fingerprint density at radius 3 is 2.38 bits per heavy atom. The summed E-state index contributed by atoms with van der Waals surface area (Å²) >= 11 is 5.73. The lowest BCUT2D eigenvalue weighted by Crippen LogP contribution is -2.15. The third-order valence-electron chi connectivity index (χ3n) is 3.75. The molecule has 29 heavy (non-hydrogen) atoms. The van der Waals surface area contributed by atoms with Crippen LogP contribution < -0.4 is 5.32 Å². The van der Waals surface area contributed by atoms with Crippen LogP contribution in [-0.4, -0.2) is 20.6 Å². The summed E-state index contributed by atoms with van der Waals surface area (Å²) in [5.41, 5.74) is -2.66. The second-order valence-corrected chi connectivity index (χ2v) is 6.12. The molecule has 1 heterocycles. The molecular weight excluding hydrogens is 420 g/mol. The lowest BCUT2D eigenvalue weighted by molar-refractivity contribution is -0.383. The number of nitro groups is 1. The van der Waals surface area contributed by atoms with E-state index < -0.39 is 40.0 Å². The van der Waals surface area contributed by atoms with Gasteiger partial charge in [-0.2, -0.15) is 17.6 Å². The Hall–Kier alpha value is -3.47. The number of nitro benzene ring substituents is 1. The summed E-state index contributed by atoms with van der Waals surface area (Å²) in [7, 11) is 0. The maximum absolute atomic E-state index is 13.3. The highest BCUT2D eigenvalue weighted by atomic mass is 35.5. The van der Waals surface area contributed by atoms with Crippen LogP contribution in [0.15, 0.2) is 48.5 Å². The largest absolute Gasteiger partial charge is 0.433 e.